The lowest BCUT2D eigenvalue weighted by atomic mass is 10.1. The van der Waals surface area contributed by atoms with Gasteiger partial charge < -0.3 is 9.84 Å². The zero-order valence-corrected chi connectivity index (χ0v) is 13.3. The van der Waals surface area contributed by atoms with Crippen molar-refractivity contribution in [2.24, 2.45) is 0 Å². The van der Waals surface area contributed by atoms with Gasteiger partial charge in [0.05, 0.1) is 22.7 Å². The third-order valence-corrected chi connectivity index (χ3v) is 3.67. The van der Waals surface area contributed by atoms with E-state index >= 15 is 0 Å². The summed E-state index contributed by atoms with van der Waals surface area (Å²) in [6.07, 6.45) is 0. The van der Waals surface area contributed by atoms with Crippen molar-refractivity contribution in [1.82, 2.24) is 10.5 Å². The van der Waals surface area contributed by atoms with E-state index < -0.39 is 23.4 Å². The quantitative estimate of drug-likeness (QED) is 0.747. The Morgan fingerprint density at radius 3 is 2.52 bits per heavy atom. The molecule has 0 saturated carbocycles. The predicted octanol–water partition coefficient (Wildman–Crippen LogP) is 4.34. The van der Waals surface area contributed by atoms with Crippen LogP contribution in [0.5, 0.6) is 0 Å². The first-order valence-corrected chi connectivity index (χ1v) is 7.46. The molecule has 0 aliphatic heterocycles. The van der Waals surface area contributed by atoms with Crippen LogP contribution in [0.25, 0.3) is 11.3 Å². The standard InChI is InChI=1S/C17H10ClF3N2O2/c18-14-5-9(19)1-3-12(14)17(24)22-8-11-7-16(25-23-11)13-4-2-10(20)6-15(13)21/h1-7H,8H2,(H,22,24). The molecule has 25 heavy (non-hydrogen) atoms. The van der Waals surface area contributed by atoms with Gasteiger partial charge in [-0.2, -0.15) is 0 Å². The minimum absolute atomic E-state index is 0.0150. The van der Waals surface area contributed by atoms with Gasteiger partial charge in [-0.05, 0) is 30.3 Å². The van der Waals surface area contributed by atoms with E-state index in [1.54, 1.807) is 0 Å². The lowest BCUT2D eigenvalue weighted by Crippen LogP contribution is -2.23. The fraction of sp³-hybridized carbons (Fsp3) is 0.0588. The van der Waals surface area contributed by atoms with Crippen molar-refractivity contribution in [1.29, 1.82) is 0 Å². The van der Waals surface area contributed by atoms with Crippen LogP contribution in [0.1, 0.15) is 16.1 Å². The summed E-state index contributed by atoms with van der Waals surface area (Å²) in [4.78, 5) is 12.0. The molecule has 1 heterocycles. The first-order chi connectivity index (χ1) is 11.9. The first kappa shape index (κ1) is 17.0. The topological polar surface area (TPSA) is 55.1 Å². The number of hydrogen-bond acceptors (Lipinski definition) is 3. The molecule has 0 radical (unpaired) electrons. The van der Waals surface area contributed by atoms with Crippen LogP contribution in [0.2, 0.25) is 5.02 Å². The SMILES string of the molecule is O=C(NCc1cc(-c2ccc(F)cc2F)on1)c1ccc(F)cc1Cl. The molecular weight excluding hydrogens is 357 g/mol. The first-order valence-electron chi connectivity index (χ1n) is 7.08. The van der Waals surface area contributed by atoms with Crippen molar-refractivity contribution < 1.29 is 22.5 Å². The molecule has 8 heteroatoms. The number of carbonyl (C=O) groups is 1. The maximum absolute atomic E-state index is 13.7. The highest BCUT2D eigenvalue weighted by molar-refractivity contribution is 6.33. The number of halogens is 4. The van der Waals surface area contributed by atoms with Crippen LogP contribution < -0.4 is 5.32 Å². The van der Waals surface area contributed by atoms with Crippen LogP contribution in [0.3, 0.4) is 0 Å². The molecule has 2 aromatic carbocycles. The van der Waals surface area contributed by atoms with Gasteiger partial charge in [-0.15, -0.1) is 0 Å². The van der Waals surface area contributed by atoms with Crippen molar-refractivity contribution in [2.45, 2.75) is 6.54 Å². The van der Waals surface area contributed by atoms with Crippen molar-refractivity contribution in [3.8, 4) is 11.3 Å². The molecular formula is C17H10ClF3N2O2. The lowest BCUT2D eigenvalue weighted by molar-refractivity contribution is 0.0950. The molecule has 3 rings (SSSR count). The van der Waals surface area contributed by atoms with Crippen LogP contribution >= 0.6 is 11.6 Å². The fourth-order valence-corrected chi connectivity index (χ4v) is 2.40. The maximum Gasteiger partial charge on any atom is 0.253 e. The maximum atomic E-state index is 13.7. The second kappa shape index (κ2) is 6.98. The zero-order valence-electron chi connectivity index (χ0n) is 12.5. The van der Waals surface area contributed by atoms with Crippen molar-refractivity contribution in [2.75, 3.05) is 0 Å². The molecule has 0 saturated heterocycles. The molecule has 1 amide bonds. The molecule has 128 valence electrons. The Labute approximate surface area is 145 Å². The summed E-state index contributed by atoms with van der Waals surface area (Å²) in [6.45, 7) is -0.0150. The van der Waals surface area contributed by atoms with Crippen LogP contribution in [-0.2, 0) is 6.54 Å². The number of carbonyl (C=O) groups excluding carboxylic acids is 1. The van der Waals surface area contributed by atoms with Gasteiger partial charge in [-0.25, -0.2) is 13.2 Å². The van der Waals surface area contributed by atoms with E-state index in [0.717, 1.165) is 24.3 Å². The van der Waals surface area contributed by atoms with Crippen molar-refractivity contribution in [3.63, 3.8) is 0 Å². The lowest BCUT2D eigenvalue weighted by Gasteiger charge is -2.04. The highest BCUT2D eigenvalue weighted by atomic mass is 35.5. The Hall–Kier alpha value is -2.80. The molecule has 1 aromatic heterocycles. The molecule has 0 atom stereocenters. The van der Waals surface area contributed by atoms with Gasteiger partial charge in [-0.1, -0.05) is 16.8 Å². The molecule has 3 aromatic rings. The third-order valence-electron chi connectivity index (χ3n) is 3.36. The Kier molecular flexibility index (Phi) is 4.76. The molecule has 0 bridgehead atoms. The molecule has 1 N–H and O–H groups in total. The van der Waals surface area contributed by atoms with Gasteiger partial charge in [0.15, 0.2) is 5.76 Å². The number of rotatable bonds is 4. The van der Waals surface area contributed by atoms with Crippen molar-refractivity contribution >= 4 is 17.5 Å². The van der Waals surface area contributed by atoms with Gasteiger partial charge in [0.2, 0.25) is 0 Å². The molecule has 4 nitrogen and oxygen atoms in total. The molecule has 0 unspecified atom stereocenters. The summed E-state index contributed by atoms with van der Waals surface area (Å²) in [7, 11) is 0. The highest BCUT2D eigenvalue weighted by Crippen LogP contribution is 2.24. The summed E-state index contributed by atoms with van der Waals surface area (Å²) in [6, 6.07) is 7.88. The van der Waals surface area contributed by atoms with Gasteiger partial charge in [0, 0.05) is 12.1 Å². The van der Waals surface area contributed by atoms with E-state index in [-0.39, 0.29) is 28.5 Å². The van der Waals surface area contributed by atoms with Gasteiger partial charge in [0.25, 0.3) is 5.91 Å². The Morgan fingerprint density at radius 2 is 1.80 bits per heavy atom. The minimum Gasteiger partial charge on any atom is -0.356 e. The third kappa shape index (κ3) is 3.83. The van der Waals surface area contributed by atoms with Gasteiger partial charge in [-0.3, -0.25) is 4.79 Å². The second-order valence-corrected chi connectivity index (χ2v) is 5.52. The largest absolute Gasteiger partial charge is 0.356 e. The van der Waals surface area contributed by atoms with Gasteiger partial charge >= 0.3 is 0 Å². The fourth-order valence-electron chi connectivity index (χ4n) is 2.15. The Balaban J connectivity index is 1.70. The molecule has 0 aliphatic rings. The summed E-state index contributed by atoms with van der Waals surface area (Å²) in [5.74, 6) is -2.47. The smallest absolute Gasteiger partial charge is 0.253 e. The highest BCUT2D eigenvalue weighted by Gasteiger charge is 2.14. The number of aromatic nitrogens is 1. The summed E-state index contributed by atoms with van der Waals surface area (Å²) in [5.41, 5.74) is 0.481. The Bertz CT molecular complexity index is 943. The molecule has 0 aliphatic carbocycles. The number of hydrogen-bond donors (Lipinski definition) is 1. The van der Waals surface area contributed by atoms with E-state index in [2.05, 4.69) is 10.5 Å². The van der Waals surface area contributed by atoms with E-state index in [4.69, 9.17) is 16.1 Å². The van der Waals surface area contributed by atoms with Crippen LogP contribution in [0.4, 0.5) is 13.2 Å². The summed E-state index contributed by atoms with van der Waals surface area (Å²) < 4.78 is 44.6. The predicted molar refractivity (Wildman–Crippen MR) is 84.4 cm³/mol. The van der Waals surface area contributed by atoms with Crippen LogP contribution in [0.15, 0.2) is 47.0 Å². The summed E-state index contributed by atoms with van der Waals surface area (Å²) >= 11 is 5.81. The monoisotopic (exact) mass is 366 g/mol. The molecule has 0 spiro atoms. The number of benzene rings is 2. The zero-order chi connectivity index (χ0) is 18.0. The average molecular weight is 367 g/mol. The van der Waals surface area contributed by atoms with E-state index in [1.165, 1.54) is 18.2 Å². The van der Waals surface area contributed by atoms with E-state index in [0.29, 0.717) is 5.69 Å². The van der Waals surface area contributed by atoms with Gasteiger partial charge in [0.1, 0.15) is 23.1 Å². The molecule has 0 fully saturated rings. The normalized spacial score (nSPS) is 10.7. The van der Waals surface area contributed by atoms with E-state index in [1.807, 2.05) is 0 Å². The van der Waals surface area contributed by atoms with Crippen LogP contribution in [-0.4, -0.2) is 11.1 Å². The number of nitrogens with one attached hydrogen (secondary N) is 1. The summed E-state index contributed by atoms with van der Waals surface area (Å²) in [5, 5.41) is 6.24. The van der Waals surface area contributed by atoms with E-state index in [9.17, 15) is 18.0 Å². The number of amides is 1. The Morgan fingerprint density at radius 1 is 1.08 bits per heavy atom. The van der Waals surface area contributed by atoms with Crippen molar-refractivity contribution in [3.05, 3.63) is 76.2 Å². The van der Waals surface area contributed by atoms with Crippen LogP contribution in [0, 0.1) is 17.5 Å². The second-order valence-electron chi connectivity index (χ2n) is 5.11. The number of nitrogens with zero attached hydrogens (tertiary/aromatic N) is 1. The average Bonchev–Trinajstić information content (AvgIpc) is 3.01. The minimum atomic E-state index is -0.787.